The molecule has 0 aromatic heterocycles. The predicted molar refractivity (Wildman–Crippen MR) is 195 cm³/mol. The van der Waals surface area contributed by atoms with Crippen molar-refractivity contribution in [1.29, 1.82) is 0 Å². The molecule has 0 saturated heterocycles. The molecule has 54 heavy (non-hydrogen) atoms. The Balaban J connectivity index is 1.93. The third-order valence-corrected chi connectivity index (χ3v) is 10.2. The molecule has 0 aliphatic carbocycles. The van der Waals surface area contributed by atoms with Crippen LogP contribution in [0.1, 0.15) is 64.4 Å². The van der Waals surface area contributed by atoms with Crippen molar-refractivity contribution in [1.82, 2.24) is 0 Å². The van der Waals surface area contributed by atoms with E-state index in [1.807, 2.05) is 0 Å². The number of ether oxygens (including phenoxy) is 5. The highest BCUT2D eigenvalue weighted by Gasteiger charge is 2.49. The lowest BCUT2D eigenvalue weighted by Gasteiger charge is -2.38. The molecule has 6 N–H and O–H groups in total. The minimum Gasteiger partial charge on any atom is -0.507 e. The van der Waals surface area contributed by atoms with Crippen LogP contribution in [0.25, 0.3) is 10.8 Å². The second kappa shape index (κ2) is 16.5. The molecule has 3 heterocycles. The fourth-order valence-electron chi connectivity index (χ4n) is 6.89. The van der Waals surface area contributed by atoms with Crippen LogP contribution in [0.4, 0.5) is 5.69 Å². The number of carboxylic acid groups (broad SMARTS) is 1. The zero-order valence-corrected chi connectivity index (χ0v) is 31.7. The molecule has 2 aromatic rings. The summed E-state index contributed by atoms with van der Waals surface area (Å²) in [6, 6.07) is 1.13. The molecule has 294 valence electrons. The Morgan fingerprint density at radius 1 is 0.963 bits per heavy atom. The van der Waals surface area contributed by atoms with Crippen molar-refractivity contribution < 1.29 is 68.4 Å². The molecule has 3 aliphatic heterocycles. The van der Waals surface area contributed by atoms with Crippen LogP contribution >= 0.6 is 0 Å². The van der Waals surface area contributed by atoms with Gasteiger partial charge in [0.15, 0.2) is 12.4 Å². The van der Waals surface area contributed by atoms with E-state index in [1.165, 1.54) is 53.2 Å². The molecule has 2 aromatic carbocycles. The van der Waals surface area contributed by atoms with Crippen LogP contribution in [0.5, 0.6) is 23.0 Å². The molecule has 9 atom stereocenters. The lowest BCUT2D eigenvalue weighted by atomic mass is 9.78. The Morgan fingerprint density at radius 3 is 2.24 bits per heavy atom. The second-order valence-corrected chi connectivity index (χ2v) is 14.1. The molecule has 0 unspecified atom stereocenters. The Labute approximate surface area is 312 Å². The van der Waals surface area contributed by atoms with Gasteiger partial charge in [-0.3, -0.25) is 14.4 Å². The number of anilines is 1. The van der Waals surface area contributed by atoms with Crippen LogP contribution < -0.4 is 14.8 Å². The lowest BCUT2D eigenvalue weighted by molar-refractivity contribution is -0.160. The molecular weight excluding hydrogens is 706 g/mol. The number of Topliss-reactive ketones (excluding diaryl/α,β-unsaturated/α-hetero) is 1. The molecule has 5 rings (SSSR count). The Kier molecular flexibility index (Phi) is 12.7. The van der Waals surface area contributed by atoms with E-state index in [2.05, 4.69) is 5.32 Å². The standard InChI is InChI=1S/C39H49NO14/c1-17-11-10-12-18(2)38(49)40-24-15-26(51-16-27(42)43)28-29(34(24)47)33(46)22(6)36-30(28)37(48)39(8,54-36)52-14-13-25(50-9)19(3)35(53-23(7)41)21(5)32(45)20(4)31(17)44/h10-15,17,19-21,25,31-32,35,44-47H,16H2,1-9H3,(H,40,49)(H,42,43)/b11-10+,14-13+,18-12?/t17-,19+,20+,21+,25-,31-,32+,35+,39-/m0/s1. The van der Waals surface area contributed by atoms with Gasteiger partial charge in [-0.1, -0.05) is 45.9 Å². The topological polar surface area (TPSA) is 228 Å². The number of aliphatic hydroxyl groups excluding tert-OH is 2. The summed E-state index contributed by atoms with van der Waals surface area (Å²) in [6.45, 7) is 11.4. The van der Waals surface area contributed by atoms with E-state index in [0.717, 1.165) is 6.07 Å². The molecule has 3 aliphatic rings. The first kappa shape index (κ1) is 41.6. The van der Waals surface area contributed by atoms with Crippen molar-refractivity contribution in [3.63, 3.8) is 0 Å². The number of nitrogens with one attached hydrogen (secondary N) is 1. The van der Waals surface area contributed by atoms with Crippen molar-refractivity contribution in [2.75, 3.05) is 19.0 Å². The van der Waals surface area contributed by atoms with Crippen molar-refractivity contribution in [2.24, 2.45) is 23.7 Å². The quantitative estimate of drug-likeness (QED) is 0.182. The molecule has 5 bridgehead atoms. The minimum atomic E-state index is -2.05. The number of esters is 1. The number of phenols is 2. The highest BCUT2D eigenvalue weighted by Crippen LogP contribution is 2.54. The molecule has 0 saturated carbocycles. The number of amides is 1. The number of fused-ring (bicyclic) bond motifs is 14. The molecular formula is C39H49NO14. The highest BCUT2D eigenvalue weighted by atomic mass is 16.7. The molecule has 0 spiro atoms. The average molecular weight is 756 g/mol. The number of ketones is 1. The number of hydrogen-bond acceptors (Lipinski definition) is 13. The summed E-state index contributed by atoms with van der Waals surface area (Å²) in [4.78, 5) is 51.3. The van der Waals surface area contributed by atoms with E-state index in [0.29, 0.717) is 0 Å². The SMILES string of the molecule is CO[C@H]1/C=C/O[C@@]2(C)Oc3c(C)c(O)c4c(O)c(cc(OCC(=O)O)c4c3C2=O)NC(=O)C(C)=C/C=C/[C@H](C)[C@H](O)[C@@H](C)[C@@H](O)[C@@H](C)[C@H](OC(C)=O)[C@@H]1C. The van der Waals surface area contributed by atoms with E-state index in [4.69, 9.17) is 23.7 Å². The first-order valence-electron chi connectivity index (χ1n) is 17.5. The van der Waals surface area contributed by atoms with E-state index in [-0.39, 0.29) is 44.7 Å². The molecule has 15 heteroatoms. The van der Waals surface area contributed by atoms with Crippen LogP contribution in [-0.4, -0.2) is 93.1 Å². The average Bonchev–Trinajstić information content (AvgIpc) is 3.38. The molecule has 0 fully saturated rings. The number of allylic oxidation sites excluding steroid dienone is 2. The summed E-state index contributed by atoms with van der Waals surface area (Å²) >= 11 is 0. The van der Waals surface area contributed by atoms with Gasteiger partial charge in [-0.15, -0.1) is 0 Å². The van der Waals surface area contributed by atoms with E-state index in [1.54, 1.807) is 39.8 Å². The van der Waals surface area contributed by atoms with E-state index in [9.17, 15) is 44.7 Å². The normalized spacial score (nSPS) is 30.5. The third kappa shape index (κ3) is 8.17. The van der Waals surface area contributed by atoms with Gasteiger partial charge in [0.05, 0.1) is 41.2 Å². The number of carbonyl (C=O) groups excluding carboxylic acids is 3. The monoisotopic (exact) mass is 755 g/mol. The molecule has 1 amide bonds. The van der Waals surface area contributed by atoms with Gasteiger partial charge in [0.1, 0.15) is 23.4 Å². The van der Waals surface area contributed by atoms with Crippen LogP contribution in [-0.2, 0) is 28.6 Å². The Hall–Kier alpha value is -5.12. The number of carbonyl (C=O) groups is 4. The van der Waals surface area contributed by atoms with Gasteiger partial charge in [-0.05, 0) is 19.9 Å². The summed E-state index contributed by atoms with van der Waals surface area (Å²) in [5, 5.41) is 57.0. The van der Waals surface area contributed by atoms with Crippen molar-refractivity contribution in [3.05, 3.63) is 53.3 Å². The van der Waals surface area contributed by atoms with Crippen LogP contribution in [0.2, 0.25) is 0 Å². The van der Waals surface area contributed by atoms with Crippen LogP contribution in [0, 0.1) is 30.6 Å². The first-order chi connectivity index (χ1) is 25.2. The first-order valence-corrected chi connectivity index (χ1v) is 17.5. The summed E-state index contributed by atoms with van der Waals surface area (Å²) in [5.74, 6) is -9.54. The number of aromatic hydroxyl groups is 2. The van der Waals surface area contributed by atoms with Crippen molar-refractivity contribution in [2.45, 2.75) is 85.6 Å². The minimum absolute atomic E-state index is 0.0301. The Morgan fingerprint density at radius 2 is 1.63 bits per heavy atom. The zero-order chi connectivity index (χ0) is 40.4. The van der Waals surface area contributed by atoms with Crippen molar-refractivity contribution >= 4 is 40.1 Å². The number of aliphatic hydroxyl groups is 2. The zero-order valence-electron chi connectivity index (χ0n) is 31.7. The highest BCUT2D eigenvalue weighted by molar-refractivity contribution is 6.21. The maximum atomic E-state index is 14.2. The number of methoxy groups -OCH3 is 1. The number of aliphatic carboxylic acids is 1. The summed E-state index contributed by atoms with van der Waals surface area (Å²) < 4.78 is 28.9. The summed E-state index contributed by atoms with van der Waals surface area (Å²) in [6.07, 6.45) is 3.37. The van der Waals surface area contributed by atoms with Gasteiger partial charge in [-0.2, -0.15) is 0 Å². The van der Waals surface area contributed by atoms with Crippen LogP contribution in [0.3, 0.4) is 0 Å². The van der Waals surface area contributed by atoms with Crippen LogP contribution in [0.15, 0.2) is 42.2 Å². The molecule has 0 radical (unpaired) electrons. The molecule has 15 nitrogen and oxygen atoms in total. The maximum Gasteiger partial charge on any atom is 0.341 e. The van der Waals surface area contributed by atoms with E-state index < -0.39 is 95.6 Å². The fourth-order valence-corrected chi connectivity index (χ4v) is 6.89. The summed E-state index contributed by atoms with van der Waals surface area (Å²) in [7, 11) is 1.41. The van der Waals surface area contributed by atoms with Gasteiger partial charge < -0.3 is 54.5 Å². The number of benzene rings is 2. The summed E-state index contributed by atoms with van der Waals surface area (Å²) in [5.41, 5.74) is -0.251. The smallest absolute Gasteiger partial charge is 0.341 e. The maximum absolute atomic E-state index is 14.2. The lowest BCUT2D eigenvalue weighted by Crippen LogP contribution is -2.46. The second-order valence-electron chi connectivity index (χ2n) is 14.1. The largest absolute Gasteiger partial charge is 0.507 e. The van der Waals surface area contributed by atoms with E-state index >= 15 is 0 Å². The van der Waals surface area contributed by atoms with Gasteiger partial charge >= 0.3 is 17.7 Å². The number of rotatable bonds is 5. The van der Waals surface area contributed by atoms with Gasteiger partial charge in [0.25, 0.3) is 11.7 Å². The number of phenolic OH excluding ortho intramolecular Hbond substituents is 2. The van der Waals surface area contributed by atoms with Gasteiger partial charge in [0, 0.05) is 67.2 Å². The van der Waals surface area contributed by atoms with Gasteiger partial charge in [-0.25, -0.2) is 4.79 Å². The number of hydrogen-bond donors (Lipinski definition) is 6. The van der Waals surface area contributed by atoms with Crippen molar-refractivity contribution in [3.8, 4) is 23.0 Å². The predicted octanol–water partition coefficient (Wildman–Crippen LogP) is 4.51. The number of carboxylic acids is 1. The fraction of sp³-hybridized carbons (Fsp3) is 0.487. The Bertz CT molecular complexity index is 1900. The third-order valence-electron chi connectivity index (χ3n) is 10.2. The van der Waals surface area contributed by atoms with Gasteiger partial charge in [0.2, 0.25) is 0 Å².